The molecule has 2 unspecified atom stereocenters. The standard InChI is InChI=1S/C15H31N5O2/c1-10(2)8-13(19-11(3)4)14(22)20-12(9-21)6-5-7-18-15(16)17/h9-13,19H,5-8H2,1-4H3,(H,20,22)(H4,16,17,18). The molecule has 7 nitrogen and oxygen atoms in total. The Morgan fingerprint density at radius 3 is 2.32 bits per heavy atom. The number of hydrogen-bond acceptors (Lipinski definition) is 4. The number of aliphatic imine (C=N–C) groups is 1. The minimum atomic E-state index is -0.509. The predicted molar refractivity (Wildman–Crippen MR) is 89.4 cm³/mol. The van der Waals surface area contributed by atoms with Crippen molar-refractivity contribution in [1.82, 2.24) is 10.6 Å². The van der Waals surface area contributed by atoms with Crippen molar-refractivity contribution in [2.75, 3.05) is 6.54 Å². The van der Waals surface area contributed by atoms with Crippen LogP contribution in [0.25, 0.3) is 0 Å². The first-order chi connectivity index (χ1) is 10.3. The van der Waals surface area contributed by atoms with Gasteiger partial charge >= 0.3 is 0 Å². The summed E-state index contributed by atoms with van der Waals surface area (Å²) in [6.07, 6.45) is 2.63. The van der Waals surface area contributed by atoms with Gasteiger partial charge in [0.2, 0.25) is 5.91 Å². The molecular weight excluding hydrogens is 282 g/mol. The molecule has 0 rings (SSSR count). The van der Waals surface area contributed by atoms with Crippen molar-refractivity contribution < 1.29 is 9.59 Å². The summed E-state index contributed by atoms with van der Waals surface area (Å²) in [6.45, 7) is 8.56. The summed E-state index contributed by atoms with van der Waals surface area (Å²) >= 11 is 0. The lowest BCUT2D eigenvalue weighted by molar-refractivity contribution is -0.126. The van der Waals surface area contributed by atoms with Crippen LogP contribution in [0.15, 0.2) is 4.99 Å². The molecule has 0 aromatic rings. The quantitative estimate of drug-likeness (QED) is 0.187. The highest BCUT2D eigenvalue weighted by Gasteiger charge is 2.22. The molecule has 1 amide bonds. The van der Waals surface area contributed by atoms with Gasteiger partial charge in [-0.3, -0.25) is 9.79 Å². The van der Waals surface area contributed by atoms with E-state index >= 15 is 0 Å². The molecule has 6 N–H and O–H groups in total. The number of aldehydes is 1. The van der Waals surface area contributed by atoms with Crippen molar-refractivity contribution in [3.05, 3.63) is 0 Å². The summed E-state index contributed by atoms with van der Waals surface area (Å²) in [5, 5.41) is 6.02. The summed E-state index contributed by atoms with van der Waals surface area (Å²) in [5.41, 5.74) is 10.5. The van der Waals surface area contributed by atoms with E-state index in [4.69, 9.17) is 11.5 Å². The SMILES string of the molecule is CC(C)CC(NC(C)C)C(=O)NC(C=O)CCCN=C(N)N. The smallest absolute Gasteiger partial charge is 0.237 e. The second-order valence-electron chi connectivity index (χ2n) is 6.20. The first-order valence-corrected chi connectivity index (χ1v) is 7.83. The van der Waals surface area contributed by atoms with Crippen molar-refractivity contribution >= 4 is 18.2 Å². The summed E-state index contributed by atoms with van der Waals surface area (Å²) in [6, 6.07) is -0.600. The van der Waals surface area contributed by atoms with Gasteiger partial charge < -0.3 is 26.9 Å². The monoisotopic (exact) mass is 313 g/mol. The van der Waals surface area contributed by atoms with Gasteiger partial charge in [-0.2, -0.15) is 0 Å². The Balaban J connectivity index is 4.45. The van der Waals surface area contributed by atoms with Crippen LogP contribution in [0.2, 0.25) is 0 Å². The lowest BCUT2D eigenvalue weighted by Crippen LogP contribution is -2.50. The number of amides is 1. The van der Waals surface area contributed by atoms with Gasteiger partial charge in [0, 0.05) is 12.6 Å². The van der Waals surface area contributed by atoms with Gasteiger partial charge in [0.05, 0.1) is 12.1 Å². The first-order valence-electron chi connectivity index (χ1n) is 7.83. The maximum atomic E-state index is 12.3. The molecule has 0 radical (unpaired) electrons. The molecule has 22 heavy (non-hydrogen) atoms. The molecule has 0 aliphatic carbocycles. The third kappa shape index (κ3) is 10.1. The minimum absolute atomic E-state index is 0.0322. The van der Waals surface area contributed by atoms with E-state index in [0.717, 1.165) is 12.7 Å². The number of carbonyl (C=O) groups is 2. The summed E-state index contributed by atoms with van der Waals surface area (Å²) in [4.78, 5) is 27.3. The number of nitrogens with zero attached hydrogens (tertiary/aromatic N) is 1. The Hall–Kier alpha value is -1.63. The van der Waals surface area contributed by atoms with Crippen molar-refractivity contribution in [3.8, 4) is 0 Å². The third-order valence-electron chi connectivity index (χ3n) is 3.02. The summed E-state index contributed by atoms with van der Waals surface area (Å²) in [5.74, 6) is 0.282. The zero-order valence-electron chi connectivity index (χ0n) is 14.1. The molecule has 0 bridgehead atoms. The van der Waals surface area contributed by atoms with Gasteiger partial charge in [0.25, 0.3) is 0 Å². The van der Waals surface area contributed by atoms with Gasteiger partial charge in [-0.05, 0) is 25.2 Å². The summed E-state index contributed by atoms with van der Waals surface area (Å²) < 4.78 is 0. The Labute approximate surface area is 133 Å². The van der Waals surface area contributed by atoms with E-state index in [-0.39, 0.29) is 24.0 Å². The van der Waals surface area contributed by atoms with E-state index in [1.54, 1.807) is 0 Å². The molecule has 0 heterocycles. The fourth-order valence-electron chi connectivity index (χ4n) is 2.10. The van der Waals surface area contributed by atoms with Crippen molar-refractivity contribution in [3.63, 3.8) is 0 Å². The van der Waals surface area contributed by atoms with Crippen LogP contribution in [0.3, 0.4) is 0 Å². The van der Waals surface area contributed by atoms with E-state index in [2.05, 4.69) is 29.5 Å². The van der Waals surface area contributed by atoms with Crippen LogP contribution < -0.4 is 22.1 Å². The van der Waals surface area contributed by atoms with Gasteiger partial charge in [-0.1, -0.05) is 27.7 Å². The predicted octanol–water partition coefficient (Wildman–Crippen LogP) is 0.136. The molecule has 0 aromatic heterocycles. The van der Waals surface area contributed by atoms with Crippen LogP contribution in [0.1, 0.15) is 47.0 Å². The highest BCUT2D eigenvalue weighted by atomic mass is 16.2. The number of rotatable bonds is 11. The molecule has 0 saturated carbocycles. The average Bonchev–Trinajstić information content (AvgIpc) is 2.39. The van der Waals surface area contributed by atoms with Crippen LogP contribution in [-0.2, 0) is 9.59 Å². The van der Waals surface area contributed by atoms with Gasteiger partial charge in [0.15, 0.2) is 5.96 Å². The van der Waals surface area contributed by atoms with Crippen LogP contribution in [-0.4, -0.2) is 42.8 Å². The van der Waals surface area contributed by atoms with Crippen LogP contribution >= 0.6 is 0 Å². The van der Waals surface area contributed by atoms with Gasteiger partial charge in [0.1, 0.15) is 6.29 Å². The van der Waals surface area contributed by atoms with E-state index in [9.17, 15) is 9.59 Å². The molecule has 0 fully saturated rings. The second kappa shape index (κ2) is 11.0. The maximum Gasteiger partial charge on any atom is 0.237 e. The number of nitrogens with one attached hydrogen (secondary N) is 2. The third-order valence-corrected chi connectivity index (χ3v) is 3.02. The molecule has 0 aliphatic heterocycles. The number of hydrogen-bond donors (Lipinski definition) is 4. The number of nitrogens with two attached hydrogens (primary N) is 2. The average molecular weight is 313 g/mol. The van der Waals surface area contributed by atoms with Crippen molar-refractivity contribution in [2.45, 2.75) is 65.1 Å². The molecule has 0 aliphatic rings. The van der Waals surface area contributed by atoms with Gasteiger partial charge in [-0.15, -0.1) is 0 Å². The topological polar surface area (TPSA) is 123 Å². The van der Waals surface area contributed by atoms with Crippen LogP contribution in [0.4, 0.5) is 0 Å². The molecule has 128 valence electrons. The highest BCUT2D eigenvalue weighted by molar-refractivity contribution is 5.84. The molecule has 7 heteroatoms. The number of carbonyl (C=O) groups excluding carboxylic acids is 2. The van der Waals surface area contributed by atoms with Crippen molar-refractivity contribution in [2.24, 2.45) is 22.4 Å². The normalized spacial score (nSPS) is 13.7. The van der Waals surface area contributed by atoms with Crippen LogP contribution in [0.5, 0.6) is 0 Å². The minimum Gasteiger partial charge on any atom is -0.370 e. The van der Waals surface area contributed by atoms with E-state index in [1.807, 2.05) is 13.8 Å². The molecule has 0 spiro atoms. The zero-order valence-corrected chi connectivity index (χ0v) is 14.1. The summed E-state index contributed by atoms with van der Waals surface area (Å²) in [7, 11) is 0. The van der Waals surface area contributed by atoms with Gasteiger partial charge in [-0.25, -0.2) is 0 Å². The van der Waals surface area contributed by atoms with Crippen molar-refractivity contribution in [1.29, 1.82) is 0 Å². The molecule has 0 aromatic carbocycles. The maximum absolute atomic E-state index is 12.3. The fourth-order valence-corrected chi connectivity index (χ4v) is 2.10. The van der Waals surface area contributed by atoms with E-state index in [1.165, 1.54) is 0 Å². The van der Waals surface area contributed by atoms with E-state index in [0.29, 0.717) is 25.3 Å². The van der Waals surface area contributed by atoms with Crippen LogP contribution in [0, 0.1) is 5.92 Å². The largest absolute Gasteiger partial charge is 0.370 e. The first kappa shape index (κ1) is 20.4. The highest BCUT2D eigenvalue weighted by Crippen LogP contribution is 2.07. The zero-order chi connectivity index (χ0) is 17.1. The molecule has 2 atom stereocenters. The fraction of sp³-hybridized carbons (Fsp3) is 0.800. The Bertz CT molecular complexity index is 355. The lowest BCUT2D eigenvalue weighted by atomic mass is 10.0. The molecular formula is C15H31N5O2. The van der Waals surface area contributed by atoms with E-state index < -0.39 is 6.04 Å². The number of guanidine groups is 1. The Morgan fingerprint density at radius 2 is 1.86 bits per heavy atom. The Morgan fingerprint density at radius 1 is 1.23 bits per heavy atom. The second-order valence-corrected chi connectivity index (χ2v) is 6.20. The Kier molecular flexibility index (Phi) is 10.2. The molecule has 0 saturated heterocycles. The lowest BCUT2D eigenvalue weighted by Gasteiger charge is -2.24.